The lowest BCUT2D eigenvalue weighted by Gasteiger charge is -2.48. The van der Waals surface area contributed by atoms with Crippen molar-refractivity contribution in [2.45, 2.75) is 10.8 Å². The average Bonchev–Trinajstić information content (AvgIpc) is 3.69. The van der Waals surface area contributed by atoms with Gasteiger partial charge in [-0.05, 0) is 49.4 Å². The number of hydrogen-bond donors (Lipinski definition) is 1. The Kier molecular flexibility index (Phi) is 7.67. The van der Waals surface area contributed by atoms with Crippen LogP contribution in [0.2, 0.25) is 0 Å². The van der Waals surface area contributed by atoms with Crippen LogP contribution in [0, 0.1) is 0 Å². The molecule has 0 saturated carbocycles. The van der Waals surface area contributed by atoms with Crippen LogP contribution in [0.25, 0.3) is 0 Å². The number of aromatic nitrogens is 1. The molecule has 1 aromatic heterocycles. The van der Waals surface area contributed by atoms with E-state index < -0.39 is 18.9 Å². The Morgan fingerprint density at radius 2 is 0.719 bits per heavy atom. The highest BCUT2D eigenvalue weighted by molar-refractivity contribution is 7.21. The summed E-state index contributed by atoms with van der Waals surface area (Å²) in [6.07, 6.45) is 0. The summed E-state index contributed by atoms with van der Waals surface area (Å²) in [5, 5.41) is 5.24. The standard InChI is InChI=1S/C54H39NOSi/c1-7-23-39(24-8-1)53(40-25-9-2-10-26-40)45-35-19-21-37-47(45)56-49-50-52(55-51(49)53)54(41-27-11-3-12-28-41,42-29-13-4-14-30-42)46-36-20-22-38-48(46)57(50,43-31-15-5-16-32-43)44-33-17-6-18-34-44/h1-38,55H. The monoisotopic (exact) mass is 745 g/mol. The largest absolute Gasteiger partial charge is 0.455 e. The van der Waals surface area contributed by atoms with Crippen LogP contribution in [-0.4, -0.2) is 13.1 Å². The second-order valence-corrected chi connectivity index (χ2v) is 18.9. The SMILES string of the molecule is c1ccc(C2(c3ccccc3)c3ccccc3Oc3c2[nH]c2c3[Si](c3ccccc3)(c3ccccc3)c3ccccc3C2(c2ccccc2)c2ccccc2)cc1. The van der Waals surface area contributed by atoms with Gasteiger partial charge >= 0.3 is 0 Å². The fraction of sp³-hybridized carbons (Fsp3) is 0.0370. The number of para-hydroxylation sites is 1. The molecule has 270 valence electrons. The van der Waals surface area contributed by atoms with Crippen LogP contribution in [0.5, 0.6) is 11.5 Å². The lowest BCUT2D eigenvalue weighted by molar-refractivity contribution is 0.435. The summed E-state index contributed by atoms with van der Waals surface area (Å²) in [6.45, 7) is 0. The van der Waals surface area contributed by atoms with E-state index in [4.69, 9.17) is 4.74 Å². The van der Waals surface area contributed by atoms with Gasteiger partial charge in [0.05, 0.1) is 16.5 Å². The van der Waals surface area contributed by atoms with Crippen molar-refractivity contribution in [3.63, 3.8) is 0 Å². The molecule has 3 heterocycles. The maximum absolute atomic E-state index is 7.60. The van der Waals surface area contributed by atoms with Gasteiger partial charge in [0.2, 0.25) is 0 Å². The summed E-state index contributed by atoms with van der Waals surface area (Å²) < 4.78 is 7.60. The molecule has 0 fully saturated rings. The van der Waals surface area contributed by atoms with Crippen molar-refractivity contribution in [2.24, 2.45) is 0 Å². The zero-order valence-corrected chi connectivity index (χ0v) is 32.3. The second kappa shape index (κ2) is 13.1. The minimum absolute atomic E-state index is 0.722. The molecule has 0 amide bonds. The first kappa shape index (κ1) is 33.4. The molecule has 2 nitrogen and oxygen atoms in total. The summed E-state index contributed by atoms with van der Waals surface area (Å²) >= 11 is 0. The Hall–Kier alpha value is -6.94. The number of hydrogen-bond acceptors (Lipinski definition) is 1. The third-order valence-electron chi connectivity index (χ3n) is 12.6. The molecule has 0 spiro atoms. The fourth-order valence-corrected chi connectivity index (χ4v) is 15.8. The van der Waals surface area contributed by atoms with Gasteiger partial charge in [-0.2, -0.15) is 0 Å². The van der Waals surface area contributed by atoms with Crippen molar-refractivity contribution in [1.82, 2.24) is 4.98 Å². The van der Waals surface area contributed by atoms with E-state index in [1.165, 1.54) is 48.6 Å². The van der Waals surface area contributed by atoms with E-state index in [2.05, 4.69) is 236 Å². The number of ether oxygens (including phenoxy) is 1. The Morgan fingerprint density at radius 1 is 0.351 bits per heavy atom. The second-order valence-electron chi connectivity index (χ2n) is 15.2. The fourth-order valence-electron chi connectivity index (χ4n) is 10.4. The van der Waals surface area contributed by atoms with Gasteiger partial charge in [-0.25, -0.2) is 0 Å². The predicted molar refractivity (Wildman–Crippen MR) is 235 cm³/mol. The van der Waals surface area contributed by atoms with E-state index in [9.17, 15) is 0 Å². The minimum Gasteiger partial charge on any atom is -0.455 e. The van der Waals surface area contributed by atoms with Crippen LogP contribution >= 0.6 is 0 Å². The molecule has 0 atom stereocenters. The maximum atomic E-state index is 7.60. The van der Waals surface area contributed by atoms with E-state index >= 15 is 0 Å². The number of rotatable bonds is 6. The molecule has 1 N–H and O–H groups in total. The molecule has 0 aliphatic carbocycles. The first-order valence-electron chi connectivity index (χ1n) is 19.8. The number of nitrogens with one attached hydrogen (secondary N) is 1. The first-order chi connectivity index (χ1) is 28.3. The molecule has 0 bridgehead atoms. The van der Waals surface area contributed by atoms with Crippen LogP contribution < -0.4 is 25.5 Å². The molecule has 3 heteroatoms. The van der Waals surface area contributed by atoms with Gasteiger partial charge in [-0.3, -0.25) is 0 Å². The van der Waals surface area contributed by atoms with Gasteiger partial charge in [0.15, 0.2) is 8.07 Å². The van der Waals surface area contributed by atoms with Crippen LogP contribution in [0.1, 0.15) is 44.8 Å². The Morgan fingerprint density at radius 3 is 1.19 bits per heavy atom. The van der Waals surface area contributed by atoms with E-state index in [1.807, 2.05) is 0 Å². The third-order valence-corrected chi connectivity index (χ3v) is 17.4. The molecule has 0 saturated heterocycles. The normalized spacial score (nSPS) is 15.2. The molecule has 9 aromatic rings. The molecular formula is C54H39NOSi. The number of fused-ring (bicyclic) bond motifs is 5. The maximum Gasteiger partial charge on any atom is 0.186 e. The Balaban J connectivity index is 1.43. The highest BCUT2D eigenvalue weighted by Crippen LogP contribution is 2.58. The summed E-state index contributed by atoms with van der Waals surface area (Å²) in [5.74, 6) is 1.79. The zero-order chi connectivity index (χ0) is 37.9. The molecular weight excluding hydrogens is 707 g/mol. The third kappa shape index (κ3) is 4.52. The molecule has 11 rings (SSSR count). The summed E-state index contributed by atoms with van der Waals surface area (Å²) in [4.78, 5) is 4.42. The van der Waals surface area contributed by atoms with Gasteiger partial charge < -0.3 is 9.72 Å². The summed E-state index contributed by atoms with van der Waals surface area (Å²) in [5.41, 5.74) is 7.93. The summed E-state index contributed by atoms with van der Waals surface area (Å²) in [6, 6.07) is 84.8. The average molecular weight is 746 g/mol. The van der Waals surface area contributed by atoms with Gasteiger partial charge in [0.25, 0.3) is 0 Å². The van der Waals surface area contributed by atoms with Gasteiger partial charge in [0.1, 0.15) is 11.5 Å². The van der Waals surface area contributed by atoms with Crippen LogP contribution in [0.4, 0.5) is 0 Å². The van der Waals surface area contributed by atoms with Crippen molar-refractivity contribution in [1.29, 1.82) is 0 Å². The first-order valence-corrected chi connectivity index (χ1v) is 21.8. The van der Waals surface area contributed by atoms with Gasteiger partial charge in [-0.15, -0.1) is 0 Å². The zero-order valence-electron chi connectivity index (χ0n) is 31.3. The van der Waals surface area contributed by atoms with E-state index in [-0.39, 0.29) is 0 Å². The van der Waals surface area contributed by atoms with Gasteiger partial charge in [-0.1, -0.05) is 224 Å². The lowest BCUT2D eigenvalue weighted by Crippen LogP contribution is -2.79. The Labute approximate surface area is 334 Å². The van der Waals surface area contributed by atoms with Crippen molar-refractivity contribution >= 4 is 28.8 Å². The molecule has 2 aliphatic heterocycles. The van der Waals surface area contributed by atoms with Crippen molar-refractivity contribution in [3.05, 3.63) is 275 Å². The molecule has 0 unspecified atom stereocenters. The van der Waals surface area contributed by atoms with Crippen molar-refractivity contribution in [3.8, 4) is 11.5 Å². The Bertz CT molecular complexity index is 2740. The number of aromatic amines is 1. The topological polar surface area (TPSA) is 25.0 Å². The van der Waals surface area contributed by atoms with E-state index in [0.717, 1.165) is 28.5 Å². The number of benzene rings is 8. The minimum atomic E-state index is -3.20. The molecule has 57 heavy (non-hydrogen) atoms. The number of H-pyrrole nitrogens is 1. The van der Waals surface area contributed by atoms with Crippen molar-refractivity contribution in [2.75, 3.05) is 0 Å². The quantitative estimate of drug-likeness (QED) is 0.169. The van der Waals surface area contributed by atoms with Crippen molar-refractivity contribution < 1.29 is 4.74 Å². The summed E-state index contributed by atoms with van der Waals surface area (Å²) in [7, 11) is -3.20. The highest BCUT2D eigenvalue weighted by Gasteiger charge is 2.61. The molecule has 8 aromatic carbocycles. The predicted octanol–water partition coefficient (Wildman–Crippen LogP) is 9.58. The van der Waals surface area contributed by atoms with Crippen LogP contribution in [0.3, 0.4) is 0 Å². The van der Waals surface area contributed by atoms with E-state index in [0.29, 0.717) is 0 Å². The van der Waals surface area contributed by atoms with Gasteiger partial charge in [0, 0.05) is 16.4 Å². The lowest BCUT2D eigenvalue weighted by atomic mass is 9.66. The molecule has 0 radical (unpaired) electrons. The van der Waals surface area contributed by atoms with E-state index in [1.54, 1.807) is 0 Å². The van der Waals surface area contributed by atoms with Crippen LogP contribution in [0.15, 0.2) is 231 Å². The van der Waals surface area contributed by atoms with Crippen LogP contribution in [-0.2, 0) is 10.8 Å². The molecule has 2 aliphatic rings. The highest BCUT2D eigenvalue weighted by atomic mass is 28.3. The smallest absolute Gasteiger partial charge is 0.186 e.